The van der Waals surface area contributed by atoms with Gasteiger partial charge in [-0.3, -0.25) is 4.79 Å². The van der Waals surface area contributed by atoms with Crippen LogP contribution in [0.3, 0.4) is 0 Å². The second-order valence-electron chi connectivity index (χ2n) is 4.88. The zero-order valence-corrected chi connectivity index (χ0v) is 11.7. The molecule has 0 aliphatic heterocycles. The lowest BCUT2D eigenvalue weighted by atomic mass is 9.98. The van der Waals surface area contributed by atoms with Gasteiger partial charge in [0.15, 0.2) is 0 Å². The fourth-order valence-electron chi connectivity index (χ4n) is 2.42. The Bertz CT molecular complexity index is 885. The number of aromatic nitrogens is 1. The highest BCUT2D eigenvalue weighted by atomic mass is 16.3. The first kappa shape index (κ1) is 13.8. The predicted molar refractivity (Wildman–Crippen MR) is 88.4 cm³/mol. The van der Waals surface area contributed by atoms with E-state index in [2.05, 4.69) is 4.98 Å². The number of nitrogens with two attached hydrogens (primary N) is 1. The standard InChI is InChI=1S/C18H14N2O2/c19-17-6-2-1-5-14(17)15-10-12(4-3-9-21)20-18-8-7-13(22)11-16(15)18/h1-11,22H,19H2. The minimum absolute atomic E-state index is 0.168. The number of benzene rings is 2. The van der Waals surface area contributed by atoms with Crippen molar-refractivity contribution in [2.45, 2.75) is 0 Å². The van der Waals surface area contributed by atoms with Crippen LogP contribution in [0.1, 0.15) is 5.69 Å². The van der Waals surface area contributed by atoms with Crippen molar-refractivity contribution in [1.82, 2.24) is 4.98 Å². The molecule has 2 aromatic carbocycles. The van der Waals surface area contributed by atoms with Crippen LogP contribution >= 0.6 is 0 Å². The summed E-state index contributed by atoms with van der Waals surface area (Å²) in [5, 5.41) is 10.6. The van der Waals surface area contributed by atoms with E-state index in [1.165, 1.54) is 6.08 Å². The highest BCUT2D eigenvalue weighted by Crippen LogP contribution is 2.34. The van der Waals surface area contributed by atoms with Crippen LogP contribution in [-0.2, 0) is 4.79 Å². The van der Waals surface area contributed by atoms with Gasteiger partial charge in [0.05, 0.1) is 11.2 Å². The number of allylic oxidation sites excluding steroid dienone is 1. The molecule has 3 aromatic rings. The molecule has 0 saturated carbocycles. The molecule has 0 atom stereocenters. The van der Waals surface area contributed by atoms with E-state index in [0.717, 1.165) is 22.0 Å². The lowest BCUT2D eigenvalue weighted by Gasteiger charge is -2.11. The molecule has 0 saturated heterocycles. The molecule has 0 aliphatic carbocycles. The molecule has 1 heterocycles. The molecule has 3 rings (SSSR count). The van der Waals surface area contributed by atoms with Gasteiger partial charge in [0, 0.05) is 16.6 Å². The molecule has 0 spiro atoms. The fourth-order valence-corrected chi connectivity index (χ4v) is 2.42. The molecule has 4 heteroatoms. The number of hydrogen-bond acceptors (Lipinski definition) is 4. The second-order valence-corrected chi connectivity index (χ2v) is 4.88. The summed E-state index contributed by atoms with van der Waals surface area (Å²) in [5.41, 5.74) is 9.83. The van der Waals surface area contributed by atoms with E-state index in [0.29, 0.717) is 17.7 Å². The van der Waals surface area contributed by atoms with Gasteiger partial charge < -0.3 is 10.8 Å². The molecule has 0 bridgehead atoms. The van der Waals surface area contributed by atoms with E-state index in [4.69, 9.17) is 5.73 Å². The van der Waals surface area contributed by atoms with Crippen molar-refractivity contribution in [2.75, 3.05) is 5.73 Å². The summed E-state index contributed by atoms with van der Waals surface area (Å²) in [6.07, 6.45) is 3.74. The average Bonchev–Trinajstić information content (AvgIpc) is 2.53. The summed E-state index contributed by atoms with van der Waals surface area (Å²) in [6.45, 7) is 0. The smallest absolute Gasteiger partial charge is 0.142 e. The molecule has 0 amide bonds. The van der Waals surface area contributed by atoms with Gasteiger partial charge in [0.25, 0.3) is 0 Å². The fraction of sp³-hybridized carbons (Fsp3) is 0. The lowest BCUT2D eigenvalue weighted by Crippen LogP contribution is -1.93. The first-order valence-corrected chi connectivity index (χ1v) is 6.79. The van der Waals surface area contributed by atoms with Gasteiger partial charge in [-0.2, -0.15) is 0 Å². The Hall–Kier alpha value is -3.14. The number of phenols is 1. The Kier molecular flexibility index (Phi) is 3.58. The van der Waals surface area contributed by atoms with Gasteiger partial charge in [-0.25, -0.2) is 4.98 Å². The Morgan fingerprint density at radius 3 is 2.64 bits per heavy atom. The maximum atomic E-state index is 10.5. The van der Waals surface area contributed by atoms with Crippen molar-refractivity contribution < 1.29 is 9.90 Å². The maximum absolute atomic E-state index is 10.5. The monoisotopic (exact) mass is 290 g/mol. The van der Waals surface area contributed by atoms with Crippen molar-refractivity contribution in [3.8, 4) is 16.9 Å². The third kappa shape index (κ3) is 2.54. The van der Waals surface area contributed by atoms with Crippen LogP contribution in [-0.4, -0.2) is 16.4 Å². The molecule has 0 unspecified atom stereocenters. The first-order chi connectivity index (χ1) is 10.7. The van der Waals surface area contributed by atoms with Crippen LogP contribution < -0.4 is 5.73 Å². The summed E-state index contributed by atoms with van der Waals surface area (Å²) < 4.78 is 0. The molecule has 108 valence electrons. The van der Waals surface area contributed by atoms with Gasteiger partial charge in [-0.15, -0.1) is 0 Å². The zero-order chi connectivity index (χ0) is 15.5. The van der Waals surface area contributed by atoms with Crippen molar-refractivity contribution >= 4 is 29.0 Å². The Morgan fingerprint density at radius 1 is 1.05 bits per heavy atom. The topological polar surface area (TPSA) is 76.2 Å². The van der Waals surface area contributed by atoms with Crippen molar-refractivity contribution in [3.63, 3.8) is 0 Å². The third-order valence-electron chi connectivity index (χ3n) is 3.41. The number of nitrogen functional groups attached to an aromatic ring is 1. The van der Waals surface area contributed by atoms with E-state index in [9.17, 15) is 9.90 Å². The van der Waals surface area contributed by atoms with E-state index >= 15 is 0 Å². The number of pyridine rings is 1. The summed E-state index contributed by atoms with van der Waals surface area (Å²) in [7, 11) is 0. The molecule has 0 radical (unpaired) electrons. The number of aldehydes is 1. The van der Waals surface area contributed by atoms with Crippen LogP contribution in [0.5, 0.6) is 5.75 Å². The van der Waals surface area contributed by atoms with Gasteiger partial charge >= 0.3 is 0 Å². The highest BCUT2D eigenvalue weighted by Gasteiger charge is 2.10. The average molecular weight is 290 g/mol. The number of fused-ring (bicyclic) bond motifs is 1. The van der Waals surface area contributed by atoms with E-state index < -0.39 is 0 Å². The van der Waals surface area contributed by atoms with Gasteiger partial charge in [-0.05, 0) is 48.0 Å². The maximum Gasteiger partial charge on any atom is 0.142 e. The van der Waals surface area contributed by atoms with Gasteiger partial charge in [0.1, 0.15) is 12.0 Å². The van der Waals surface area contributed by atoms with Crippen LogP contribution in [0.4, 0.5) is 5.69 Å². The van der Waals surface area contributed by atoms with Crippen molar-refractivity contribution in [3.05, 3.63) is 60.3 Å². The quantitative estimate of drug-likeness (QED) is 0.440. The van der Waals surface area contributed by atoms with E-state index in [1.807, 2.05) is 30.3 Å². The molecular weight excluding hydrogens is 276 g/mol. The number of anilines is 1. The van der Waals surface area contributed by atoms with E-state index in [1.54, 1.807) is 24.3 Å². The molecular formula is C18H14N2O2. The van der Waals surface area contributed by atoms with E-state index in [-0.39, 0.29) is 5.75 Å². The number of aromatic hydroxyl groups is 1. The summed E-state index contributed by atoms with van der Waals surface area (Å²) in [6, 6.07) is 14.4. The molecule has 4 nitrogen and oxygen atoms in total. The largest absolute Gasteiger partial charge is 0.508 e. The molecule has 1 aromatic heterocycles. The van der Waals surface area contributed by atoms with Crippen molar-refractivity contribution in [1.29, 1.82) is 0 Å². The summed E-state index contributed by atoms with van der Waals surface area (Å²) in [5.74, 6) is 0.168. The summed E-state index contributed by atoms with van der Waals surface area (Å²) in [4.78, 5) is 15.0. The highest BCUT2D eigenvalue weighted by molar-refractivity contribution is 5.99. The molecule has 3 N–H and O–H groups in total. The van der Waals surface area contributed by atoms with Crippen LogP contribution in [0.15, 0.2) is 54.6 Å². The summed E-state index contributed by atoms with van der Waals surface area (Å²) >= 11 is 0. The molecule has 22 heavy (non-hydrogen) atoms. The zero-order valence-electron chi connectivity index (χ0n) is 11.7. The minimum Gasteiger partial charge on any atom is -0.508 e. The molecule has 0 fully saturated rings. The number of para-hydroxylation sites is 1. The predicted octanol–water partition coefficient (Wildman–Crippen LogP) is 3.40. The van der Waals surface area contributed by atoms with Gasteiger partial charge in [0.2, 0.25) is 0 Å². The lowest BCUT2D eigenvalue weighted by molar-refractivity contribution is -0.104. The molecule has 0 aliphatic rings. The number of nitrogens with zero attached hydrogens (tertiary/aromatic N) is 1. The van der Waals surface area contributed by atoms with Gasteiger partial charge in [-0.1, -0.05) is 18.2 Å². The van der Waals surface area contributed by atoms with Crippen molar-refractivity contribution in [2.24, 2.45) is 0 Å². The number of carbonyl (C=O) groups excluding carboxylic acids is 1. The normalized spacial score (nSPS) is 11.1. The van der Waals surface area contributed by atoms with Crippen LogP contribution in [0.25, 0.3) is 28.1 Å². The number of carbonyl (C=O) groups is 1. The van der Waals surface area contributed by atoms with Crippen LogP contribution in [0, 0.1) is 0 Å². The Morgan fingerprint density at radius 2 is 1.86 bits per heavy atom. The minimum atomic E-state index is 0.168. The number of rotatable bonds is 3. The number of phenolic OH excluding ortho intramolecular Hbond substituents is 1. The first-order valence-electron chi connectivity index (χ1n) is 6.79. The number of hydrogen-bond donors (Lipinski definition) is 2. The second kappa shape index (κ2) is 5.69. The SMILES string of the molecule is Nc1ccccc1-c1cc(C=CC=O)nc2ccc(O)cc12. The third-order valence-corrected chi connectivity index (χ3v) is 3.41. The Balaban J connectivity index is 2.34. The Labute approximate surface area is 127 Å². The van der Waals surface area contributed by atoms with Crippen LogP contribution in [0.2, 0.25) is 0 Å².